The van der Waals surface area contributed by atoms with Crippen LogP contribution in [0, 0.1) is 28.4 Å². The van der Waals surface area contributed by atoms with Gasteiger partial charge in [-0.15, -0.1) is 0 Å². The molecule has 4 heterocycles. The Balaban J connectivity index is 1.07. The molecule has 1 saturated carbocycles. The summed E-state index contributed by atoms with van der Waals surface area (Å²) < 4.78 is 80.0. The number of rotatable bonds is 7. The SMILES string of the molecule is C[C@@]1(c2ccc(F)cc2F)Oc2cccc(C3CCN(Cc4ncc(-c5ncc(C(F)(F)F)[nH]5)cc4CC4(C#N)CC4)CC3)c2O1. The molecule has 2 fully saturated rings. The maximum absolute atomic E-state index is 14.7. The Morgan fingerprint density at radius 3 is 2.50 bits per heavy atom. The molecule has 0 bridgehead atoms. The van der Waals surface area contributed by atoms with Crippen LogP contribution in [0.2, 0.25) is 0 Å². The van der Waals surface area contributed by atoms with Crippen molar-refractivity contribution in [2.45, 2.75) is 63.5 Å². The number of para-hydroxylation sites is 1. The van der Waals surface area contributed by atoms with E-state index >= 15 is 0 Å². The van der Waals surface area contributed by atoms with Gasteiger partial charge in [0.05, 0.1) is 28.9 Å². The first-order chi connectivity index (χ1) is 22.0. The molecule has 0 spiro atoms. The number of hydrogen-bond acceptors (Lipinski definition) is 6. The maximum atomic E-state index is 14.7. The highest BCUT2D eigenvalue weighted by molar-refractivity contribution is 5.56. The summed E-state index contributed by atoms with van der Waals surface area (Å²) in [5.74, 6) is -1.56. The van der Waals surface area contributed by atoms with Crippen LogP contribution in [0.15, 0.2) is 54.9 Å². The Bertz CT molecular complexity index is 1840. The highest BCUT2D eigenvalue weighted by Crippen LogP contribution is 2.50. The number of nitrogens with zero attached hydrogens (tertiary/aromatic N) is 4. The van der Waals surface area contributed by atoms with E-state index in [1.165, 1.54) is 18.3 Å². The van der Waals surface area contributed by atoms with E-state index in [1.54, 1.807) is 19.1 Å². The van der Waals surface area contributed by atoms with Gasteiger partial charge in [0.2, 0.25) is 0 Å². The second kappa shape index (κ2) is 11.1. The molecule has 1 saturated heterocycles. The number of halogens is 5. The van der Waals surface area contributed by atoms with Crippen LogP contribution >= 0.6 is 0 Å². The molecule has 2 aliphatic heterocycles. The average Bonchev–Trinajstić information content (AvgIpc) is 3.42. The lowest BCUT2D eigenvalue weighted by atomic mass is 9.88. The normalized spacial score (nSPS) is 20.9. The number of hydrogen-bond donors (Lipinski definition) is 1. The Labute approximate surface area is 262 Å². The molecule has 3 aliphatic rings. The van der Waals surface area contributed by atoms with E-state index in [4.69, 9.17) is 9.47 Å². The van der Waals surface area contributed by atoms with Gasteiger partial charge in [-0.05, 0) is 80.9 Å². The zero-order valence-corrected chi connectivity index (χ0v) is 24.9. The van der Waals surface area contributed by atoms with E-state index < -0.39 is 34.7 Å². The molecule has 0 amide bonds. The number of alkyl halides is 3. The van der Waals surface area contributed by atoms with Gasteiger partial charge in [-0.25, -0.2) is 13.8 Å². The van der Waals surface area contributed by atoms with E-state index in [9.17, 15) is 27.2 Å². The van der Waals surface area contributed by atoms with Gasteiger partial charge in [0.1, 0.15) is 23.2 Å². The standard InChI is InChI=1S/C34H30F5N5O2/c1-32(25-6-5-23(35)14-26(25)36)45-28-4-2-3-24(30(28)46-32)20-7-11-44(12-8-20)18-27-21(15-33(19-40)9-10-33)13-22(16-41-27)31-42-17-29(43-31)34(37,38)39/h2-6,13-14,16-17,20H,7-12,15,18H2,1H3,(H,42,43)/t32-/m1/s1. The number of ether oxygens (including phenoxy) is 2. The zero-order chi connectivity index (χ0) is 32.3. The van der Waals surface area contributed by atoms with E-state index in [1.807, 2.05) is 12.1 Å². The lowest BCUT2D eigenvalue weighted by molar-refractivity contribution is -0.140. The first-order valence-electron chi connectivity index (χ1n) is 15.2. The minimum atomic E-state index is -4.54. The number of aromatic nitrogens is 3. The summed E-state index contributed by atoms with van der Waals surface area (Å²) in [6, 6.07) is 13.2. The quantitative estimate of drug-likeness (QED) is 0.210. The summed E-state index contributed by atoms with van der Waals surface area (Å²) in [6.45, 7) is 3.64. The Hall–Kier alpha value is -4.50. The van der Waals surface area contributed by atoms with E-state index in [0.29, 0.717) is 30.0 Å². The van der Waals surface area contributed by atoms with Gasteiger partial charge in [0.25, 0.3) is 5.79 Å². The van der Waals surface area contributed by atoms with Crippen molar-refractivity contribution in [2.75, 3.05) is 13.1 Å². The molecule has 1 atom stereocenters. The number of nitriles is 1. The molecule has 0 radical (unpaired) electrons. The molecule has 1 aliphatic carbocycles. The molecular formula is C34H30F5N5O2. The van der Waals surface area contributed by atoms with Crippen LogP contribution in [0.3, 0.4) is 0 Å². The van der Waals surface area contributed by atoms with Crippen LogP contribution in [-0.4, -0.2) is 32.9 Å². The van der Waals surface area contributed by atoms with Crippen molar-refractivity contribution in [1.29, 1.82) is 5.26 Å². The van der Waals surface area contributed by atoms with Crippen LogP contribution in [0.4, 0.5) is 22.0 Å². The number of benzene rings is 2. The average molecular weight is 636 g/mol. The largest absolute Gasteiger partial charge is 0.444 e. The van der Waals surface area contributed by atoms with Gasteiger partial charge in [0.15, 0.2) is 11.5 Å². The molecule has 7 rings (SSSR count). The molecule has 7 nitrogen and oxygen atoms in total. The van der Waals surface area contributed by atoms with Crippen molar-refractivity contribution in [2.24, 2.45) is 5.41 Å². The van der Waals surface area contributed by atoms with Crippen molar-refractivity contribution < 1.29 is 31.4 Å². The first-order valence-corrected chi connectivity index (χ1v) is 15.2. The van der Waals surface area contributed by atoms with Gasteiger partial charge in [0, 0.05) is 36.9 Å². The van der Waals surface area contributed by atoms with Gasteiger partial charge in [-0.2, -0.15) is 18.4 Å². The zero-order valence-electron chi connectivity index (χ0n) is 24.9. The van der Waals surface area contributed by atoms with Crippen LogP contribution < -0.4 is 9.47 Å². The third-order valence-electron chi connectivity index (χ3n) is 9.27. The second-order valence-corrected chi connectivity index (χ2v) is 12.5. The van der Waals surface area contributed by atoms with Crippen molar-refractivity contribution in [3.8, 4) is 29.0 Å². The van der Waals surface area contributed by atoms with E-state index in [0.717, 1.165) is 67.9 Å². The number of pyridine rings is 1. The number of piperidine rings is 1. The fourth-order valence-corrected chi connectivity index (χ4v) is 6.47. The lowest BCUT2D eigenvalue weighted by Crippen LogP contribution is -2.34. The van der Waals surface area contributed by atoms with Crippen LogP contribution in [0.1, 0.15) is 66.6 Å². The number of fused-ring (bicyclic) bond motifs is 1. The summed E-state index contributed by atoms with van der Waals surface area (Å²) in [6.07, 6.45) is 1.41. The van der Waals surface area contributed by atoms with Crippen molar-refractivity contribution >= 4 is 0 Å². The summed E-state index contributed by atoms with van der Waals surface area (Å²) in [5, 5.41) is 9.76. The smallest absolute Gasteiger partial charge is 0.432 e. The highest BCUT2D eigenvalue weighted by atomic mass is 19.4. The minimum absolute atomic E-state index is 0.0788. The van der Waals surface area contributed by atoms with Gasteiger partial charge >= 0.3 is 6.18 Å². The fourth-order valence-electron chi connectivity index (χ4n) is 6.47. The number of aromatic amines is 1. The third-order valence-corrected chi connectivity index (χ3v) is 9.27. The van der Waals surface area contributed by atoms with E-state index in [2.05, 4.69) is 25.9 Å². The van der Waals surface area contributed by atoms with E-state index in [-0.39, 0.29) is 17.3 Å². The molecule has 4 aromatic rings. The van der Waals surface area contributed by atoms with Crippen LogP contribution in [-0.2, 0) is 24.9 Å². The number of likely N-dealkylation sites (tertiary alicyclic amines) is 1. The highest BCUT2D eigenvalue weighted by Gasteiger charge is 2.44. The third kappa shape index (κ3) is 5.68. The number of imidazole rings is 1. The van der Waals surface area contributed by atoms with Gasteiger partial charge in [-0.1, -0.05) is 12.1 Å². The predicted octanol–water partition coefficient (Wildman–Crippen LogP) is 7.64. The fraction of sp³-hybridized carbons (Fsp3) is 0.382. The maximum Gasteiger partial charge on any atom is 0.432 e. The lowest BCUT2D eigenvalue weighted by Gasteiger charge is -2.33. The summed E-state index contributed by atoms with van der Waals surface area (Å²) in [5.41, 5.74) is 1.74. The first kappa shape index (κ1) is 30.2. The molecule has 2 aromatic heterocycles. The summed E-state index contributed by atoms with van der Waals surface area (Å²) in [7, 11) is 0. The molecule has 46 heavy (non-hydrogen) atoms. The Kier molecular flexibility index (Phi) is 7.27. The molecule has 238 valence electrons. The topological polar surface area (TPSA) is 87.1 Å². The van der Waals surface area contributed by atoms with Crippen LogP contribution in [0.25, 0.3) is 11.4 Å². The van der Waals surface area contributed by atoms with Crippen molar-refractivity contribution in [3.05, 3.63) is 94.6 Å². The molecule has 1 N–H and O–H groups in total. The number of nitrogens with one attached hydrogen (secondary N) is 1. The molecular weight excluding hydrogens is 605 g/mol. The van der Waals surface area contributed by atoms with Crippen molar-refractivity contribution in [1.82, 2.24) is 19.9 Å². The summed E-state index contributed by atoms with van der Waals surface area (Å²) in [4.78, 5) is 13.2. The summed E-state index contributed by atoms with van der Waals surface area (Å²) >= 11 is 0. The Morgan fingerprint density at radius 2 is 1.83 bits per heavy atom. The molecule has 0 unspecified atom stereocenters. The monoisotopic (exact) mass is 635 g/mol. The van der Waals surface area contributed by atoms with Crippen LogP contribution in [0.5, 0.6) is 11.5 Å². The predicted molar refractivity (Wildman–Crippen MR) is 156 cm³/mol. The van der Waals surface area contributed by atoms with Gasteiger partial charge in [-0.3, -0.25) is 9.88 Å². The molecule has 2 aromatic carbocycles. The Morgan fingerprint density at radius 1 is 1.04 bits per heavy atom. The number of H-pyrrole nitrogens is 1. The van der Waals surface area contributed by atoms with Crippen molar-refractivity contribution in [3.63, 3.8) is 0 Å². The second-order valence-electron chi connectivity index (χ2n) is 12.5. The molecule has 12 heteroatoms. The van der Waals surface area contributed by atoms with Gasteiger partial charge < -0.3 is 14.5 Å². The minimum Gasteiger partial charge on any atom is -0.444 e.